The van der Waals surface area contributed by atoms with Crippen molar-refractivity contribution in [2.75, 3.05) is 18.4 Å². The van der Waals surface area contributed by atoms with Gasteiger partial charge in [0.2, 0.25) is 0 Å². The van der Waals surface area contributed by atoms with Crippen LogP contribution in [0.1, 0.15) is 44.1 Å². The second-order valence-corrected chi connectivity index (χ2v) is 9.30. The zero-order valence-corrected chi connectivity index (χ0v) is 16.4. The largest absolute Gasteiger partial charge is 0.446 e. The molecule has 5 fully saturated rings. The number of aromatic nitrogens is 1. The van der Waals surface area contributed by atoms with E-state index < -0.39 is 0 Å². The number of nitrogens with zero attached hydrogens (tertiary/aromatic N) is 4. The Balaban J connectivity index is 1.20. The fraction of sp³-hybridized carbons (Fsp3) is 0.636. The number of pyridine rings is 1. The van der Waals surface area contributed by atoms with E-state index in [4.69, 9.17) is 4.74 Å². The van der Waals surface area contributed by atoms with Crippen molar-refractivity contribution < 1.29 is 9.53 Å². The number of hydrogen-bond donors (Lipinski definition) is 1. The van der Waals surface area contributed by atoms with E-state index in [1.165, 1.54) is 0 Å². The molecule has 1 saturated heterocycles. The maximum absolute atomic E-state index is 12.9. The van der Waals surface area contributed by atoms with Crippen molar-refractivity contribution in [2.24, 2.45) is 23.2 Å². The summed E-state index contributed by atoms with van der Waals surface area (Å²) in [6, 6.07) is 8.26. The van der Waals surface area contributed by atoms with E-state index in [-0.39, 0.29) is 23.7 Å². The molecular formula is C22H25N5O2. The maximum atomic E-state index is 12.9. The highest BCUT2D eigenvalue weighted by atomic mass is 16.6. The number of anilines is 1. The normalized spacial score (nSPS) is 37.0. The Labute approximate surface area is 170 Å². The van der Waals surface area contributed by atoms with Gasteiger partial charge in [0, 0.05) is 25.3 Å². The van der Waals surface area contributed by atoms with Crippen LogP contribution in [0, 0.1) is 45.8 Å². The summed E-state index contributed by atoms with van der Waals surface area (Å²) < 4.78 is 6.03. The summed E-state index contributed by atoms with van der Waals surface area (Å²) in [4.78, 5) is 18.9. The number of ether oxygens (including phenoxy) is 1. The summed E-state index contributed by atoms with van der Waals surface area (Å²) in [6.07, 6.45) is 7.18. The first-order valence-corrected chi connectivity index (χ1v) is 10.6. The van der Waals surface area contributed by atoms with Crippen LogP contribution in [0.15, 0.2) is 18.3 Å². The van der Waals surface area contributed by atoms with E-state index in [0.29, 0.717) is 42.2 Å². The molecule has 6 atom stereocenters. The molecule has 0 radical (unpaired) electrons. The molecule has 1 aliphatic heterocycles. The number of carbonyl (C=O) groups is 1. The summed E-state index contributed by atoms with van der Waals surface area (Å²) in [7, 11) is 0. The van der Waals surface area contributed by atoms with Crippen LogP contribution in [-0.4, -0.2) is 41.2 Å². The van der Waals surface area contributed by atoms with E-state index in [2.05, 4.69) is 22.4 Å². The second-order valence-electron chi connectivity index (χ2n) is 9.30. The van der Waals surface area contributed by atoms with E-state index in [9.17, 15) is 15.3 Å². The Hall–Kier alpha value is -2.80. The number of rotatable bonds is 3. The van der Waals surface area contributed by atoms with Crippen LogP contribution in [0.25, 0.3) is 0 Å². The van der Waals surface area contributed by atoms with Crippen molar-refractivity contribution in [3.05, 3.63) is 23.9 Å². The molecule has 4 saturated carbocycles. The van der Waals surface area contributed by atoms with Crippen molar-refractivity contribution in [1.29, 1.82) is 10.5 Å². The van der Waals surface area contributed by atoms with Crippen molar-refractivity contribution in [3.8, 4) is 12.1 Å². The van der Waals surface area contributed by atoms with Gasteiger partial charge in [-0.05, 0) is 68.4 Å². The zero-order valence-electron chi connectivity index (χ0n) is 16.4. The van der Waals surface area contributed by atoms with Gasteiger partial charge in [-0.15, -0.1) is 0 Å². The second kappa shape index (κ2) is 6.91. The predicted molar refractivity (Wildman–Crippen MR) is 104 cm³/mol. The van der Waals surface area contributed by atoms with Crippen molar-refractivity contribution >= 4 is 11.9 Å². The lowest BCUT2D eigenvalue weighted by atomic mass is 9.49. The number of carbonyl (C=O) groups excluding carboxylic acids is 1. The highest BCUT2D eigenvalue weighted by Crippen LogP contribution is 2.60. The fourth-order valence-corrected chi connectivity index (χ4v) is 6.35. The highest BCUT2D eigenvalue weighted by molar-refractivity contribution is 5.68. The Kier molecular flexibility index (Phi) is 4.35. The van der Waals surface area contributed by atoms with Gasteiger partial charge in [0.15, 0.2) is 0 Å². The van der Waals surface area contributed by atoms with Crippen LogP contribution in [-0.2, 0) is 4.74 Å². The van der Waals surface area contributed by atoms with Crippen LogP contribution >= 0.6 is 0 Å². The molecule has 4 bridgehead atoms. The predicted octanol–water partition coefficient (Wildman–Crippen LogP) is 3.29. The molecule has 2 heterocycles. The third-order valence-corrected chi connectivity index (χ3v) is 7.38. The summed E-state index contributed by atoms with van der Waals surface area (Å²) in [5.41, 5.74) is 0.344. The molecule has 150 valence electrons. The SMILES string of the molecule is N#Cc1cccnc1N[C@@H]1CCN(C(=O)OC2C3CC4C[C@H]2CC(C#N)(C4)C3)C1. The van der Waals surface area contributed by atoms with Gasteiger partial charge in [-0.2, -0.15) is 10.5 Å². The molecule has 6 rings (SSSR count). The quantitative estimate of drug-likeness (QED) is 0.848. The Morgan fingerprint density at radius 2 is 2.07 bits per heavy atom. The molecule has 1 aromatic heterocycles. The minimum absolute atomic E-state index is 0.0338. The first-order valence-electron chi connectivity index (χ1n) is 10.6. The van der Waals surface area contributed by atoms with E-state index in [1.54, 1.807) is 23.2 Å². The molecule has 0 spiro atoms. The lowest BCUT2D eigenvalue weighted by Crippen LogP contribution is -2.55. The first-order chi connectivity index (χ1) is 14.1. The average molecular weight is 391 g/mol. The maximum Gasteiger partial charge on any atom is 0.410 e. The topological polar surface area (TPSA) is 102 Å². The third kappa shape index (κ3) is 3.19. The molecular weight excluding hydrogens is 366 g/mol. The van der Waals surface area contributed by atoms with Gasteiger partial charge in [0.25, 0.3) is 0 Å². The summed E-state index contributed by atoms with van der Waals surface area (Å²) in [5, 5.41) is 22.2. The van der Waals surface area contributed by atoms with Gasteiger partial charge < -0.3 is 15.0 Å². The van der Waals surface area contributed by atoms with Crippen LogP contribution in [0.3, 0.4) is 0 Å². The number of hydrogen-bond acceptors (Lipinski definition) is 6. The van der Waals surface area contributed by atoms with Crippen LogP contribution in [0.4, 0.5) is 10.6 Å². The molecule has 4 aliphatic carbocycles. The van der Waals surface area contributed by atoms with Gasteiger partial charge in [-0.1, -0.05) is 0 Å². The van der Waals surface area contributed by atoms with Crippen molar-refractivity contribution in [2.45, 2.75) is 50.7 Å². The van der Waals surface area contributed by atoms with Crippen molar-refractivity contribution in [1.82, 2.24) is 9.88 Å². The van der Waals surface area contributed by atoms with E-state index in [1.807, 2.05) is 0 Å². The highest BCUT2D eigenvalue weighted by Gasteiger charge is 2.57. The Morgan fingerprint density at radius 1 is 1.28 bits per heavy atom. The Bertz CT molecular complexity index is 887. The number of nitriles is 2. The van der Waals surface area contributed by atoms with Gasteiger partial charge in [-0.25, -0.2) is 9.78 Å². The van der Waals surface area contributed by atoms with Crippen molar-refractivity contribution in [3.63, 3.8) is 0 Å². The molecule has 4 unspecified atom stereocenters. The summed E-state index contributed by atoms with van der Waals surface area (Å²) in [6.45, 7) is 1.19. The molecule has 1 N–H and O–H groups in total. The first kappa shape index (κ1) is 18.2. The summed E-state index contributed by atoms with van der Waals surface area (Å²) in [5.74, 6) is 1.88. The average Bonchev–Trinajstić information content (AvgIpc) is 3.19. The fourth-order valence-electron chi connectivity index (χ4n) is 6.35. The number of likely N-dealkylation sites (tertiary alicyclic amines) is 1. The number of nitrogens with one attached hydrogen (secondary N) is 1. The van der Waals surface area contributed by atoms with E-state index >= 15 is 0 Å². The van der Waals surface area contributed by atoms with Gasteiger partial charge in [-0.3, -0.25) is 0 Å². The molecule has 29 heavy (non-hydrogen) atoms. The van der Waals surface area contributed by atoms with Gasteiger partial charge >= 0.3 is 6.09 Å². The number of amides is 1. The van der Waals surface area contributed by atoms with Gasteiger partial charge in [0.05, 0.1) is 17.0 Å². The molecule has 0 aromatic carbocycles. The molecule has 5 aliphatic rings. The molecule has 7 nitrogen and oxygen atoms in total. The monoisotopic (exact) mass is 391 g/mol. The van der Waals surface area contributed by atoms with Crippen LogP contribution in [0.2, 0.25) is 0 Å². The lowest BCUT2D eigenvalue weighted by Gasteiger charge is -2.56. The smallest absolute Gasteiger partial charge is 0.410 e. The summed E-state index contributed by atoms with van der Waals surface area (Å²) >= 11 is 0. The Morgan fingerprint density at radius 3 is 2.79 bits per heavy atom. The van der Waals surface area contributed by atoms with E-state index in [0.717, 1.165) is 38.5 Å². The molecule has 7 heteroatoms. The van der Waals surface area contributed by atoms with Crippen LogP contribution < -0.4 is 5.32 Å². The molecule has 1 aromatic rings. The lowest BCUT2D eigenvalue weighted by molar-refractivity contribution is -0.121. The zero-order chi connectivity index (χ0) is 20.0. The molecule has 1 amide bonds. The third-order valence-electron chi connectivity index (χ3n) is 7.38. The van der Waals surface area contributed by atoms with Gasteiger partial charge in [0.1, 0.15) is 18.0 Å². The van der Waals surface area contributed by atoms with Crippen LogP contribution in [0.5, 0.6) is 0 Å². The standard InChI is InChI=1S/C22H25N5O2/c23-11-15-2-1-4-25-20(15)26-18-3-5-27(12-18)21(28)29-19-16-6-14-7-17(19)10-22(8-14,9-16)13-24/h1-2,4,14,16-19H,3,5-10,12H2,(H,25,26)/t14?,16-,17?,18+,19?,22?/m0/s1. The minimum Gasteiger partial charge on any atom is -0.446 e. The minimum atomic E-state index is -0.237.